The number of nitrogens with zero attached hydrogens (tertiary/aromatic N) is 1. The van der Waals surface area contributed by atoms with Crippen LogP contribution in [0, 0.1) is 0 Å². The topological polar surface area (TPSA) is 49.8 Å². The first kappa shape index (κ1) is 17.4. The fraction of sp³-hybridized carbons (Fsp3) is 0.533. The van der Waals surface area contributed by atoms with Crippen LogP contribution < -0.4 is 4.74 Å². The van der Waals surface area contributed by atoms with Crippen molar-refractivity contribution < 1.29 is 23.4 Å². The molecule has 21 heavy (non-hydrogen) atoms. The van der Waals surface area contributed by atoms with Crippen molar-refractivity contribution in [2.75, 3.05) is 20.2 Å². The van der Waals surface area contributed by atoms with Gasteiger partial charge < -0.3 is 14.7 Å². The van der Waals surface area contributed by atoms with Crippen LogP contribution in [0.3, 0.4) is 0 Å². The predicted octanol–water partition coefficient (Wildman–Crippen LogP) is 2.41. The van der Waals surface area contributed by atoms with Gasteiger partial charge in [0.25, 0.3) is 5.91 Å². The van der Waals surface area contributed by atoms with E-state index in [2.05, 4.69) is 0 Å². The Labute approximate surface area is 123 Å². The molecule has 1 aromatic carbocycles. The van der Waals surface area contributed by atoms with Crippen LogP contribution in [-0.2, 0) is 10.7 Å². The van der Waals surface area contributed by atoms with Crippen molar-refractivity contribution in [2.45, 2.75) is 32.3 Å². The van der Waals surface area contributed by atoms with Gasteiger partial charge in [0, 0.05) is 18.7 Å². The van der Waals surface area contributed by atoms with Gasteiger partial charge in [-0.05, 0) is 45.0 Å². The molecule has 1 amide bonds. The zero-order valence-electron chi connectivity index (χ0n) is 12.7. The number of aliphatic hydroxyl groups is 1. The molecule has 0 aliphatic rings. The quantitative estimate of drug-likeness (QED) is 0.878. The molecule has 0 aromatic heterocycles. The lowest BCUT2D eigenvalue weighted by atomic mass is 10.0. The largest absolute Gasteiger partial charge is 0.497 e. The minimum absolute atomic E-state index is 0.0918. The summed E-state index contributed by atoms with van der Waals surface area (Å²) >= 11 is 0. The Hall–Kier alpha value is -1.69. The summed E-state index contributed by atoms with van der Waals surface area (Å²) in [6, 6.07) is 5.08. The standard InChI is InChI=1S/C15H21F2NO3/c1-5-18(10-14(2,3)20)13(19)15(16,17)11-6-8-12(21-4)9-7-11/h6-9,20H,5,10H2,1-4H3. The summed E-state index contributed by atoms with van der Waals surface area (Å²) in [5, 5.41) is 9.72. The minimum Gasteiger partial charge on any atom is -0.497 e. The maximum absolute atomic E-state index is 14.3. The Morgan fingerprint density at radius 2 is 1.81 bits per heavy atom. The van der Waals surface area contributed by atoms with Crippen LogP contribution >= 0.6 is 0 Å². The molecule has 0 atom stereocenters. The average molecular weight is 301 g/mol. The van der Waals surface area contributed by atoms with Crippen molar-refractivity contribution in [1.82, 2.24) is 4.90 Å². The highest BCUT2D eigenvalue weighted by Gasteiger charge is 2.44. The van der Waals surface area contributed by atoms with Crippen molar-refractivity contribution in [3.63, 3.8) is 0 Å². The van der Waals surface area contributed by atoms with E-state index in [0.29, 0.717) is 5.75 Å². The van der Waals surface area contributed by atoms with Crippen molar-refractivity contribution >= 4 is 5.91 Å². The highest BCUT2D eigenvalue weighted by molar-refractivity contribution is 5.85. The Balaban J connectivity index is 3.00. The second-order valence-electron chi connectivity index (χ2n) is 5.43. The molecule has 1 aromatic rings. The lowest BCUT2D eigenvalue weighted by molar-refractivity contribution is -0.161. The van der Waals surface area contributed by atoms with E-state index >= 15 is 0 Å². The van der Waals surface area contributed by atoms with Crippen molar-refractivity contribution in [3.8, 4) is 5.75 Å². The maximum atomic E-state index is 14.3. The number of alkyl halides is 2. The number of amides is 1. The van der Waals surface area contributed by atoms with Gasteiger partial charge in [-0.15, -0.1) is 0 Å². The molecule has 0 heterocycles. The SMILES string of the molecule is CCN(CC(C)(C)O)C(=O)C(F)(F)c1ccc(OC)cc1. The number of rotatable bonds is 6. The lowest BCUT2D eigenvalue weighted by Crippen LogP contribution is -2.47. The summed E-state index contributed by atoms with van der Waals surface area (Å²) in [4.78, 5) is 13.0. The minimum atomic E-state index is -3.65. The molecular formula is C15H21F2NO3. The maximum Gasteiger partial charge on any atom is 0.349 e. The number of methoxy groups -OCH3 is 1. The molecule has 0 saturated heterocycles. The van der Waals surface area contributed by atoms with E-state index in [0.717, 1.165) is 17.0 Å². The van der Waals surface area contributed by atoms with Crippen LogP contribution in [0.15, 0.2) is 24.3 Å². The molecule has 0 unspecified atom stereocenters. The highest BCUT2D eigenvalue weighted by Crippen LogP contribution is 2.31. The highest BCUT2D eigenvalue weighted by atomic mass is 19.3. The van der Waals surface area contributed by atoms with E-state index in [4.69, 9.17) is 4.74 Å². The van der Waals surface area contributed by atoms with Gasteiger partial charge >= 0.3 is 5.92 Å². The second-order valence-corrected chi connectivity index (χ2v) is 5.43. The van der Waals surface area contributed by atoms with Gasteiger partial charge in [0.15, 0.2) is 0 Å². The molecule has 1 rings (SSSR count). The smallest absolute Gasteiger partial charge is 0.349 e. The van der Waals surface area contributed by atoms with Gasteiger partial charge in [0.05, 0.1) is 12.7 Å². The van der Waals surface area contributed by atoms with E-state index < -0.39 is 23.0 Å². The zero-order valence-corrected chi connectivity index (χ0v) is 12.7. The Kier molecular flexibility index (Phi) is 5.28. The third kappa shape index (κ3) is 4.39. The number of likely N-dealkylation sites (N-methyl/N-ethyl adjacent to an activating group) is 1. The summed E-state index contributed by atoms with van der Waals surface area (Å²) in [5.41, 5.74) is -1.63. The van der Waals surface area contributed by atoms with E-state index in [1.54, 1.807) is 6.92 Å². The molecule has 0 bridgehead atoms. The Morgan fingerprint density at radius 3 is 2.19 bits per heavy atom. The molecule has 6 heteroatoms. The van der Waals surface area contributed by atoms with Crippen LogP contribution in [0.4, 0.5) is 8.78 Å². The fourth-order valence-electron chi connectivity index (χ4n) is 1.92. The van der Waals surface area contributed by atoms with Crippen LogP contribution in [0.1, 0.15) is 26.3 Å². The molecule has 0 radical (unpaired) electrons. The lowest BCUT2D eigenvalue weighted by Gasteiger charge is -2.31. The molecule has 1 N–H and O–H groups in total. The van der Waals surface area contributed by atoms with Crippen molar-refractivity contribution in [3.05, 3.63) is 29.8 Å². The predicted molar refractivity (Wildman–Crippen MR) is 75.4 cm³/mol. The molecule has 0 fully saturated rings. The number of hydrogen-bond donors (Lipinski definition) is 1. The number of hydrogen-bond acceptors (Lipinski definition) is 3. The first-order valence-electron chi connectivity index (χ1n) is 6.66. The molecule has 0 aliphatic carbocycles. The summed E-state index contributed by atoms with van der Waals surface area (Å²) in [6.45, 7) is 4.46. The van der Waals surface area contributed by atoms with Gasteiger partial charge in [-0.1, -0.05) is 0 Å². The Bertz CT molecular complexity index is 481. The first-order valence-corrected chi connectivity index (χ1v) is 6.66. The van der Waals surface area contributed by atoms with Gasteiger partial charge in [0.1, 0.15) is 5.75 Å². The third-order valence-corrected chi connectivity index (χ3v) is 2.97. The number of carbonyl (C=O) groups is 1. The molecule has 0 spiro atoms. The first-order chi connectivity index (χ1) is 9.61. The zero-order chi connectivity index (χ0) is 16.3. The summed E-state index contributed by atoms with van der Waals surface area (Å²) in [7, 11) is 1.43. The second kappa shape index (κ2) is 6.39. The monoisotopic (exact) mass is 301 g/mol. The van der Waals surface area contributed by atoms with E-state index in [1.807, 2.05) is 0 Å². The molecule has 118 valence electrons. The van der Waals surface area contributed by atoms with Crippen LogP contribution in [0.25, 0.3) is 0 Å². The van der Waals surface area contributed by atoms with E-state index in [-0.39, 0.29) is 13.1 Å². The molecular weight excluding hydrogens is 280 g/mol. The van der Waals surface area contributed by atoms with E-state index in [1.165, 1.54) is 33.1 Å². The number of carbonyl (C=O) groups excluding carboxylic acids is 1. The normalized spacial score (nSPS) is 12.1. The van der Waals surface area contributed by atoms with Crippen LogP contribution in [-0.4, -0.2) is 41.7 Å². The van der Waals surface area contributed by atoms with Crippen LogP contribution in [0.5, 0.6) is 5.75 Å². The third-order valence-electron chi connectivity index (χ3n) is 2.97. The number of benzene rings is 1. The van der Waals surface area contributed by atoms with E-state index in [9.17, 15) is 18.7 Å². The number of ether oxygens (including phenoxy) is 1. The van der Waals surface area contributed by atoms with Crippen molar-refractivity contribution in [2.24, 2.45) is 0 Å². The summed E-state index contributed by atoms with van der Waals surface area (Å²) in [6.07, 6.45) is 0. The van der Waals surface area contributed by atoms with Crippen molar-refractivity contribution in [1.29, 1.82) is 0 Å². The molecule has 0 aliphatic heterocycles. The van der Waals surface area contributed by atoms with Gasteiger partial charge in [0.2, 0.25) is 0 Å². The summed E-state index contributed by atoms with van der Waals surface area (Å²) in [5.74, 6) is -4.53. The van der Waals surface area contributed by atoms with Gasteiger partial charge in [-0.2, -0.15) is 8.78 Å². The summed E-state index contributed by atoms with van der Waals surface area (Å²) < 4.78 is 33.5. The van der Waals surface area contributed by atoms with Gasteiger partial charge in [-0.25, -0.2) is 0 Å². The van der Waals surface area contributed by atoms with Crippen LogP contribution in [0.2, 0.25) is 0 Å². The fourth-order valence-corrected chi connectivity index (χ4v) is 1.92. The molecule has 0 saturated carbocycles. The Morgan fingerprint density at radius 1 is 1.29 bits per heavy atom. The van der Waals surface area contributed by atoms with Gasteiger partial charge in [-0.3, -0.25) is 4.79 Å². The number of halogens is 2. The average Bonchev–Trinajstić information content (AvgIpc) is 2.43. The molecule has 4 nitrogen and oxygen atoms in total.